The molecule has 0 radical (unpaired) electrons. The number of carbonyl (C=O) groups excluding carboxylic acids is 4. The van der Waals surface area contributed by atoms with E-state index in [-0.39, 0.29) is 36.6 Å². The largest absolute Gasteiger partial charge is 0.460 e. The van der Waals surface area contributed by atoms with Crippen LogP contribution in [0.2, 0.25) is 0 Å². The van der Waals surface area contributed by atoms with Gasteiger partial charge in [0.25, 0.3) is 5.78 Å². The van der Waals surface area contributed by atoms with Crippen LogP contribution in [0.1, 0.15) is 84.5 Å². The molecule has 0 spiro atoms. The molecule has 0 aliphatic heterocycles. The summed E-state index contributed by atoms with van der Waals surface area (Å²) in [5.41, 5.74) is 0. The van der Waals surface area contributed by atoms with Crippen molar-refractivity contribution in [1.82, 2.24) is 0 Å². The molecule has 176 valence electrons. The van der Waals surface area contributed by atoms with E-state index in [4.69, 9.17) is 0 Å². The van der Waals surface area contributed by atoms with Gasteiger partial charge in [0.15, 0.2) is 0 Å². The van der Waals surface area contributed by atoms with E-state index in [2.05, 4.69) is 17.7 Å². The van der Waals surface area contributed by atoms with E-state index in [1.807, 2.05) is 6.08 Å². The highest BCUT2D eigenvalue weighted by Gasteiger charge is 2.38. The van der Waals surface area contributed by atoms with Gasteiger partial charge in [-0.15, -0.1) is 0 Å². The lowest BCUT2D eigenvalue weighted by Gasteiger charge is -2.19. The Hall–Kier alpha value is -1.86. The van der Waals surface area contributed by atoms with Crippen LogP contribution in [0, 0.1) is 17.8 Å². The van der Waals surface area contributed by atoms with Crippen LogP contribution in [-0.4, -0.2) is 46.4 Å². The van der Waals surface area contributed by atoms with Gasteiger partial charge in [-0.05, 0) is 44.9 Å². The summed E-state index contributed by atoms with van der Waals surface area (Å²) in [5, 5.41) is 19.6. The highest BCUT2D eigenvalue weighted by molar-refractivity contribution is 6.36. The van der Waals surface area contributed by atoms with Gasteiger partial charge >= 0.3 is 5.97 Å². The summed E-state index contributed by atoms with van der Waals surface area (Å²) in [6.45, 7) is 3.62. The highest BCUT2D eigenvalue weighted by atomic mass is 16.6. The first-order valence-electron chi connectivity index (χ1n) is 11.6. The van der Waals surface area contributed by atoms with Gasteiger partial charge in [0.05, 0.1) is 6.61 Å². The Bertz CT molecular complexity index is 623. The smallest absolute Gasteiger partial charge is 0.380 e. The van der Waals surface area contributed by atoms with Gasteiger partial charge in [0, 0.05) is 24.7 Å². The molecule has 3 atom stereocenters. The monoisotopic (exact) mass is 438 g/mol. The second-order valence-electron chi connectivity index (χ2n) is 8.44. The normalized spacial score (nSPS) is 20.2. The molecule has 1 aliphatic rings. The van der Waals surface area contributed by atoms with Crippen molar-refractivity contribution in [1.29, 1.82) is 0 Å². The second kappa shape index (κ2) is 14.2. The second-order valence-corrected chi connectivity index (χ2v) is 8.44. The van der Waals surface area contributed by atoms with Crippen molar-refractivity contribution in [2.45, 2.75) is 90.3 Å². The topological polar surface area (TPSA) is 118 Å². The molecule has 7 nitrogen and oxygen atoms in total. The molecule has 1 fully saturated rings. The number of aliphatic hydroxyl groups is 2. The number of esters is 1. The highest BCUT2D eigenvalue weighted by Crippen LogP contribution is 2.34. The summed E-state index contributed by atoms with van der Waals surface area (Å²) in [7, 11) is 0. The lowest BCUT2D eigenvalue weighted by Crippen LogP contribution is -2.43. The Balaban J connectivity index is 2.41. The number of unbranched alkanes of at least 4 members (excludes halogenated alkanes) is 3. The first-order chi connectivity index (χ1) is 14.8. The van der Waals surface area contributed by atoms with E-state index < -0.39 is 17.5 Å². The van der Waals surface area contributed by atoms with E-state index in [1.54, 1.807) is 0 Å². The Morgan fingerprint density at radius 1 is 1.19 bits per heavy atom. The number of ether oxygens (including phenoxy) is 1. The van der Waals surface area contributed by atoms with Crippen molar-refractivity contribution in [3.63, 3.8) is 0 Å². The zero-order chi connectivity index (χ0) is 23.3. The number of hydrogen-bond acceptors (Lipinski definition) is 7. The minimum Gasteiger partial charge on any atom is -0.460 e. The summed E-state index contributed by atoms with van der Waals surface area (Å²) < 4.78 is 4.51. The standard InChI is InChI=1S/C24H38O7/c1-3-5-10-18(17-25)11-9-12-19-14-15-21(26)20(19)13-7-6-8-16-24(29,30)22(27)23(28)31-4-2/h9,12,17-20,29-30H,3-8,10-11,13-16H2,1-2H3/t18-,19-,20+/m0/s1. The number of Topliss-reactive ketones (excluding diaryl/α,β-unsaturated/α-hetero) is 2. The number of rotatable bonds is 16. The maximum atomic E-state index is 12.3. The summed E-state index contributed by atoms with van der Waals surface area (Å²) in [6, 6.07) is 0. The number of carbonyl (C=O) groups is 4. The lowest BCUT2D eigenvalue weighted by atomic mass is 9.88. The summed E-state index contributed by atoms with van der Waals surface area (Å²) in [4.78, 5) is 46.5. The Morgan fingerprint density at radius 2 is 1.94 bits per heavy atom. The zero-order valence-electron chi connectivity index (χ0n) is 18.9. The van der Waals surface area contributed by atoms with E-state index in [9.17, 15) is 29.4 Å². The molecule has 0 saturated heterocycles. The van der Waals surface area contributed by atoms with Crippen LogP contribution in [0.15, 0.2) is 12.2 Å². The van der Waals surface area contributed by atoms with Gasteiger partial charge in [-0.25, -0.2) is 4.79 Å². The van der Waals surface area contributed by atoms with E-state index in [0.29, 0.717) is 32.1 Å². The fourth-order valence-electron chi connectivity index (χ4n) is 4.06. The molecular weight excluding hydrogens is 400 g/mol. The molecule has 7 heteroatoms. The third-order valence-electron chi connectivity index (χ3n) is 5.96. The number of aldehydes is 1. The Morgan fingerprint density at radius 3 is 2.58 bits per heavy atom. The molecule has 0 aromatic carbocycles. The Kier molecular flexibility index (Phi) is 12.5. The molecular formula is C24H38O7. The molecule has 0 heterocycles. The molecule has 1 aliphatic carbocycles. The first-order valence-corrected chi connectivity index (χ1v) is 11.6. The van der Waals surface area contributed by atoms with Crippen LogP contribution in [0.4, 0.5) is 0 Å². The SMILES string of the molecule is CCCC[C@H](C=O)CC=C[C@H]1CCC(=O)[C@@H]1CCCCCC(O)(O)C(=O)C(=O)OCC. The molecule has 31 heavy (non-hydrogen) atoms. The minimum atomic E-state index is -2.71. The van der Waals surface area contributed by atoms with E-state index >= 15 is 0 Å². The van der Waals surface area contributed by atoms with Crippen molar-refractivity contribution < 1.29 is 34.1 Å². The van der Waals surface area contributed by atoms with Crippen molar-refractivity contribution in [3.8, 4) is 0 Å². The van der Waals surface area contributed by atoms with Crippen molar-refractivity contribution in [3.05, 3.63) is 12.2 Å². The van der Waals surface area contributed by atoms with Crippen molar-refractivity contribution in [2.24, 2.45) is 17.8 Å². The number of allylic oxidation sites excluding steroid dienone is 2. The first kappa shape index (κ1) is 27.2. The predicted octanol–water partition coefficient (Wildman–Crippen LogP) is 3.30. The fraction of sp³-hybridized carbons (Fsp3) is 0.750. The molecule has 0 amide bonds. The quantitative estimate of drug-likeness (QED) is 0.0948. The summed E-state index contributed by atoms with van der Waals surface area (Å²) in [6.07, 6.45) is 12.4. The summed E-state index contributed by atoms with van der Waals surface area (Å²) in [5.74, 6) is -4.87. The molecule has 1 saturated carbocycles. The molecule has 0 aromatic heterocycles. The Labute approximate surface area is 185 Å². The number of hydrogen-bond donors (Lipinski definition) is 2. The van der Waals surface area contributed by atoms with Crippen LogP contribution in [0.25, 0.3) is 0 Å². The van der Waals surface area contributed by atoms with Crippen LogP contribution in [0.5, 0.6) is 0 Å². The third-order valence-corrected chi connectivity index (χ3v) is 5.96. The molecule has 0 aromatic rings. The van der Waals surface area contributed by atoms with Crippen LogP contribution in [-0.2, 0) is 23.9 Å². The van der Waals surface area contributed by atoms with Gasteiger partial charge in [-0.1, -0.05) is 44.8 Å². The average molecular weight is 439 g/mol. The van der Waals surface area contributed by atoms with Gasteiger partial charge in [-0.2, -0.15) is 0 Å². The van der Waals surface area contributed by atoms with Gasteiger partial charge in [-0.3, -0.25) is 9.59 Å². The number of ketones is 2. The zero-order valence-corrected chi connectivity index (χ0v) is 18.9. The van der Waals surface area contributed by atoms with E-state index in [1.165, 1.54) is 6.92 Å². The maximum Gasteiger partial charge on any atom is 0.380 e. The van der Waals surface area contributed by atoms with Crippen LogP contribution < -0.4 is 0 Å². The molecule has 2 N–H and O–H groups in total. The van der Waals surface area contributed by atoms with Gasteiger partial charge in [0.2, 0.25) is 5.79 Å². The van der Waals surface area contributed by atoms with Crippen LogP contribution >= 0.6 is 0 Å². The summed E-state index contributed by atoms with van der Waals surface area (Å²) >= 11 is 0. The van der Waals surface area contributed by atoms with Crippen molar-refractivity contribution in [2.75, 3.05) is 6.61 Å². The van der Waals surface area contributed by atoms with Gasteiger partial charge in [0.1, 0.15) is 12.1 Å². The average Bonchev–Trinajstić information content (AvgIpc) is 3.09. The van der Waals surface area contributed by atoms with E-state index in [0.717, 1.165) is 38.4 Å². The maximum absolute atomic E-state index is 12.3. The van der Waals surface area contributed by atoms with Gasteiger partial charge < -0.3 is 19.7 Å². The third kappa shape index (κ3) is 9.44. The predicted molar refractivity (Wildman–Crippen MR) is 116 cm³/mol. The molecule has 0 unspecified atom stereocenters. The van der Waals surface area contributed by atoms with Crippen LogP contribution in [0.3, 0.4) is 0 Å². The van der Waals surface area contributed by atoms with Crippen molar-refractivity contribution >= 4 is 23.8 Å². The fourth-order valence-corrected chi connectivity index (χ4v) is 4.06. The molecule has 0 bridgehead atoms. The minimum absolute atomic E-state index is 0.0137. The lowest BCUT2D eigenvalue weighted by molar-refractivity contribution is -0.193. The molecule has 1 rings (SSSR count).